The molecule has 0 aliphatic rings. The van der Waals surface area contributed by atoms with Crippen LogP contribution in [0.4, 0.5) is 10.1 Å². The lowest BCUT2D eigenvalue weighted by Crippen LogP contribution is -1.98. The van der Waals surface area contributed by atoms with Gasteiger partial charge in [-0.15, -0.1) is 0 Å². The van der Waals surface area contributed by atoms with Crippen molar-refractivity contribution in [1.82, 2.24) is 0 Å². The monoisotopic (exact) mass is 185 g/mol. The number of halogens is 1. The van der Waals surface area contributed by atoms with Crippen LogP contribution in [0.15, 0.2) is 18.2 Å². The Morgan fingerprint density at radius 1 is 1.62 bits per heavy atom. The van der Waals surface area contributed by atoms with Gasteiger partial charge in [0.15, 0.2) is 0 Å². The SMILES string of the molecule is Cc1cccc(OCF)c1[N+](=O)[O-]. The van der Waals surface area contributed by atoms with E-state index in [9.17, 15) is 14.5 Å². The van der Waals surface area contributed by atoms with Crippen LogP contribution >= 0.6 is 0 Å². The topological polar surface area (TPSA) is 52.4 Å². The first kappa shape index (κ1) is 9.44. The van der Waals surface area contributed by atoms with Gasteiger partial charge < -0.3 is 4.74 Å². The minimum absolute atomic E-state index is 0.0347. The maximum absolute atomic E-state index is 11.8. The zero-order chi connectivity index (χ0) is 9.84. The second-order valence-corrected chi connectivity index (χ2v) is 2.43. The zero-order valence-electron chi connectivity index (χ0n) is 6.99. The van der Waals surface area contributed by atoms with Crippen molar-refractivity contribution in [3.8, 4) is 5.75 Å². The van der Waals surface area contributed by atoms with Gasteiger partial charge in [0.05, 0.1) is 4.92 Å². The van der Waals surface area contributed by atoms with Crippen LogP contribution in [-0.2, 0) is 0 Å². The van der Waals surface area contributed by atoms with E-state index in [4.69, 9.17) is 0 Å². The molecule has 0 amide bonds. The number of rotatable bonds is 3. The first-order valence-electron chi connectivity index (χ1n) is 3.59. The second-order valence-electron chi connectivity index (χ2n) is 2.43. The lowest BCUT2D eigenvalue weighted by atomic mass is 10.2. The highest BCUT2D eigenvalue weighted by Gasteiger charge is 2.17. The summed E-state index contributed by atoms with van der Waals surface area (Å²) in [5.41, 5.74) is 0.274. The Labute approximate surface area is 74.1 Å². The Hall–Kier alpha value is -1.65. The van der Waals surface area contributed by atoms with Gasteiger partial charge in [0.25, 0.3) is 0 Å². The van der Waals surface area contributed by atoms with Gasteiger partial charge in [0.1, 0.15) is 0 Å². The van der Waals surface area contributed by atoms with E-state index in [1.54, 1.807) is 19.1 Å². The van der Waals surface area contributed by atoms with E-state index < -0.39 is 11.8 Å². The molecule has 0 aliphatic heterocycles. The van der Waals surface area contributed by atoms with Crippen molar-refractivity contribution in [2.75, 3.05) is 6.86 Å². The summed E-state index contributed by atoms with van der Waals surface area (Å²) in [5.74, 6) is -0.0347. The van der Waals surface area contributed by atoms with Gasteiger partial charge in [0, 0.05) is 5.56 Å². The molecule has 1 aromatic carbocycles. The van der Waals surface area contributed by atoms with Gasteiger partial charge in [-0.05, 0) is 13.0 Å². The standard InChI is InChI=1S/C8H8FNO3/c1-6-3-2-4-7(13-5-9)8(6)10(11)12/h2-4H,5H2,1H3. The van der Waals surface area contributed by atoms with Gasteiger partial charge in [-0.3, -0.25) is 10.1 Å². The summed E-state index contributed by atoms with van der Waals surface area (Å²) in [6.07, 6.45) is 0. The number of nitro benzene ring substituents is 1. The molecule has 70 valence electrons. The molecule has 0 aliphatic carbocycles. The van der Waals surface area contributed by atoms with Crippen molar-refractivity contribution in [2.45, 2.75) is 6.92 Å². The van der Waals surface area contributed by atoms with Crippen molar-refractivity contribution in [3.63, 3.8) is 0 Å². The normalized spacial score (nSPS) is 9.69. The molecule has 0 N–H and O–H groups in total. The number of ether oxygens (including phenoxy) is 1. The molecule has 0 unspecified atom stereocenters. The first-order valence-corrected chi connectivity index (χ1v) is 3.59. The highest BCUT2D eigenvalue weighted by atomic mass is 19.1. The molecule has 0 fully saturated rings. The third-order valence-corrected chi connectivity index (χ3v) is 1.59. The van der Waals surface area contributed by atoms with Gasteiger partial charge in [-0.25, -0.2) is 4.39 Å². The lowest BCUT2D eigenvalue weighted by molar-refractivity contribution is -0.386. The fraction of sp³-hybridized carbons (Fsp3) is 0.250. The maximum Gasteiger partial charge on any atom is 0.313 e. The molecular formula is C8H8FNO3. The largest absolute Gasteiger partial charge is 0.456 e. The molecule has 1 aromatic rings. The summed E-state index contributed by atoms with van der Waals surface area (Å²) in [5, 5.41) is 10.5. The van der Waals surface area contributed by atoms with Crippen LogP contribution in [0.5, 0.6) is 5.75 Å². The number of benzene rings is 1. The van der Waals surface area contributed by atoms with Gasteiger partial charge in [0.2, 0.25) is 12.6 Å². The van der Waals surface area contributed by atoms with E-state index in [1.165, 1.54) is 6.07 Å². The molecule has 5 heteroatoms. The molecule has 0 saturated heterocycles. The van der Waals surface area contributed by atoms with Crippen LogP contribution in [0.1, 0.15) is 5.56 Å². The van der Waals surface area contributed by atoms with Gasteiger partial charge in [-0.1, -0.05) is 12.1 Å². The number of hydrogen-bond donors (Lipinski definition) is 0. The van der Waals surface area contributed by atoms with E-state index in [0.29, 0.717) is 5.56 Å². The van der Waals surface area contributed by atoms with Crippen molar-refractivity contribution in [3.05, 3.63) is 33.9 Å². The van der Waals surface area contributed by atoms with Crippen LogP contribution in [-0.4, -0.2) is 11.8 Å². The number of nitrogens with zero attached hydrogens (tertiary/aromatic N) is 1. The molecule has 0 aromatic heterocycles. The van der Waals surface area contributed by atoms with Crippen LogP contribution in [0.3, 0.4) is 0 Å². The predicted octanol–water partition coefficient (Wildman–Crippen LogP) is 2.21. The number of alkyl halides is 1. The average Bonchev–Trinajstić information content (AvgIpc) is 2.04. The fourth-order valence-electron chi connectivity index (χ4n) is 1.04. The van der Waals surface area contributed by atoms with Crippen molar-refractivity contribution >= 4 is 5.69 Å². The number of para-hydroxylation sites is 1. The summed E-state index contributed by atoms with van der Waals surface area (Å²) in [7, 11) is 0. The molecule has 0 bridgehead atoms. The van der Waals surface area contributed by atoms with E-state index in [1.807, 2.05) is 0 Å². The highest BCUT2D eigenvalue weighted by molar-refractivity contribution is 5.51. The van der Waals surface area contributed by atoms with E-state index >= 15 is 0 Å². The predicted molar refractivity (Wildman–Crippen MR) is 44.4 cm³/mol. The molecule has 0 saturated carbocycles. The summed E-state index contributed by atoms with van der Waals surface area (Å²) < 4.78 is 16.3. The Bertz CT molecular complexity index is 327. The average molecular weight is 185 g/mol. The third-order valence-electron chi connectivity index (χ3n) is 1.59. The van der Waals surface area contributed by atoms with Crippen molar-refractivity contribution < 1.29 is 14.1 Å². The fourth-order valence-corrected chi connectivity index (χ4v) is 1.04. The summed E-state index contributed by atoms with van der Waals surface area (Å²) in [6.45, 7) is 0.507. The quantitative estimate of drug-likeness (QED) is 0.535. The molecule has 0 radical (unpaired) electrons. The van der Waals surface area contributed by atoms with Crippen molar-refractivity contribution in [2.24, 2.45) is 0 Å². The Morgan fingerprint density at radius 3 is 2.85 bits per heavy atom. The van der Waals surface area contributed by atoms with Crippen LogP contribution < -0.4 is 4.74 Å². The minimum atomic E-state index is -1.07. The summed E-state index contributed by atoms with van der Waals surface area (Å²) >= 11 is 0. The Balaban J connectivity index is 3.17. The number of aryl methyl sites for hydroxylation is 1. The van der Waals surface area contributed by atoms with Crippen LogP contribution in [0, 0.1) is 17.0 Å². The molecule has 13 heavy (non-hydrogen) atoms. The van der Waals surface area contributed by atoms with Gasteiger partial charge >= 0.3 is 5.69 Å². The summed E-state index contributed by atoms with van der Waals surface area (Å²) in [6, 6.07) is 4.52. The van der Waals surface area contributed by atoms with Crippen LogP contribution in [0.25, 0.3) is 0 Å². The molecule has 0 heterocycles. The second kappa shape index (κ2) is 3.84. The number of hydrogen-bond acceptors (Lipinski definition) is 3. The van der Waals surface area contributed by atoms with E-state index in [2.05, 4.69) is 4.74 Å². The Kier molecular flexibility index (Phi) is 2.79. The van der Waals surface area contributed by atoms with Crippen LogP contribution in [0.2, 0.25) is 0 Å². The molecule has 0 spiro atoms. The maximum atomic E-state index is 11.8. The van der Waals surface area contributed by atoms with Crippen molar-refractivity contribution in [1.29, 1.82) is 0 Å². The molecule has 1 rings (SSSR count). The van der Waals surface area contributed by atoms with E-state index in [0.717, 1.165) is 0 Å². The number of nitro groups is 1. The highest BCUT2D eigenvalue weighted by Crippen LogP contribution is 2.29. The lowest BCUT2D eigenvalue weighted by Gasteiger charge is -2.03. The zero-order valence-corrected chi connectivity index (χ0v) is 6.99. The smallest absolute Gasteiger partial charge is 0.313 e. The molecular weight excluding hydrogens is 177 g/mol. The Morgan fingerprint density at radius 2 is 2.31 bits per heavy atom. The molecule has 4 nitrogen and oxygen atoms in total. The first-order chi connectivity index (χ1) is 6.16. The third kappa shape index (κ3) is 1.93. The van der Waals surface area contributed by atoms with E-state index in [-0.39, 0.29) is 11.4 Å². The summed E-state index contributed by atoms with van der Waals surface area (Å²) in [4.78, 5) is 9.94. The minimum Gasteiger partial charge on any atom is -0.456 e. The molecule has 0 atom stereocenters. The van der Waals surface area contributed by atoms with Gasteiger partial charge in [-0.2, -0.15) is 0 Å².